The Morgan fingerprint density at radius 3 is 2.84 bits per heavy atom. The molecule has 0 aliphatic rings. The molecule has 98 valence electrons. The van der Waals surface area contributed by atoms with Gasteiger partial charge in [0.2, 0.25) is 5.95 Å². The maximum Gasteiger partial charge on any atom is 0.243 e. The first-order valence-corrected chi connectivity index (χ1v) is 7.17. The number of fused-ring (bicyclic) bond motifs is 1. The first-order chi connectivity index (χ1) is 9.13. The molecule has 0 saturated heterocycles. The number of pyridine rings is 1. The van der Waals surface area contributed by atoms with Crippen LogP contribution in [0, 0.1) is 6.92 Å². The van der Waals surface area contributed by atoms with Gasteiger partial charge in [0.15, 0.2) is 5.65 Å². The van der Waals surface area contributed by atoms with Crippen molar-refractivity contribution in [2.75, 3.05) is 5.32 Å². The summed E-state index contributed by atoms with van der Waals surface area (Å²) in [5.41, 5.74) is 1.91. The molecule has 4 nitrogen and oxygen atoms in total. The first-order valence-electron chi connectivity index (χ1n) is 5.97. The van der Waals surface area contributed by atoms with Crippen LogP contribution in [0.25, 0.3) is 5.65 Å². The Morgan fingerprint density at radius 2 is 2.16 bits per heavy atom. The molecule has 0 saturated carbocycles. The van der Waals surface area contributed by atoms with Crippen molar-refractivity contribution in [3.63, 3.8) is 0 Å². The standard InChI is InChI=1S/C13H13ClN4S/c1-8-4-3-5-12-16-13(17-18(8)12)15-9(2)10-6-7-11(14)19-10/h3-7,9H,1-2H3,(H,15,17). The molecule has 3 aromatic rings. The van der Waals surface area contributed by atoms with Crippen LogP contribution < -0.4 is 5.32 Å². The van der Waals surface area contributed by atoms with Crippen molar-refractivity contribution in [2.45, 2.75) is 19.9 Å². The van der Waals surface area contributed by atoms with E-state index in [1.54, 1.807) is 11.3 Å². The van der Waals surface area contributed by atoms with Gasteiger partial charge in [0, 0.05) is 10.6 Å². The van der Waals surface area contributed by atoms with Crippen molar-refractivity contribution in [2.24, 2.45) is 0 Å². The number of nitrogens with zero attached hydrogens (tertiary/aromatic N) is 3. The normalized spacial score (nSPS) is 12.8. The molecule has 1 unspecified atom stereocenters. The zero-order valence-electron chi connectivity index (χ0n) is 10.6. The molecule has 1 atom stereocenters. The average molecular weight is 293 g/mol. The van der Waals surface area contributed by atoms with Gasteiger partial charge in [-0.15, -0.1) is 16.4 Å². The molecular weight excluding hydrogens is 280 g/mol. The molecule has 0 aliphatic heterocycles. The van der Waals surface area contributed by atoms with Crippen molar-refractivity contribution in [3.05, 3.63) is 45.2 Å². The molecule has 19 heavy (non-hydrogen) atoms. The molecule has 0 bridgehead atoms. The van der Waals surface area contributed by atoms with Gasteiger partial charge in [-0.1, -0.05) is 17.7 Å². The summed E-state index contributed by atoms with van der Waals surface area (Å²) >= 11 is 7.51. The van der Waals surface area contributed by atoms with E-state index in [2.05, 4.69) is 22.3 Å². The SMILES string of the molecule is Cc1cccc2nc(NC(C)c3ccc(Cl)s3)nn12. The van der Waals surface area contributed by atoms with Crippen LogP contribution in [0.3, 0.4) is 0 Å². The van der Waals surface area contributed by atoms with Crippen molar-refractivity contribution >= 4 is 34.5 Å². The van der Waals surface area contributed by atoms with E-state index in [-0.39, 0.29) is 6.04 Å². The van der Waals surface area contributed by atoms with Crippen LogP contribution in [0.1, 0.15) is 23.5 Å². The molecule has 0 radical (unpaired) electrons. The average Bonchev–Trinajstić information content (AvgIpc) is 2.96. The van der Waals surface area contributed by atoms with E-state index in [1.165, 1.54) is 4.88 Å². The minimum Gasteiger partial charge on any atom is -0.346 e. The third-order valence-corrected chi connectivity index (χ3v) is 4.33. The number of aromatic nitrogens is 3. The van der Waals surface area contributed by atoms with E-state index in [4.69, 9.17) is 11.6 Å². The Morgan fingerprint density at radius 1 is 1.32 bits per heavy atom. The van der Waals surface area contributed by atoms with E-state index in [0.29, 0.717) is 5.95 Å². The van der Waals surface area contributed by atoms with Crippen LogP contribution in [0.5, 0.6) is 0 Å². The molecule has 1 N–H and O–H groups in total. The van der Waals surface area contributed by atoms with Gasteiger partial charge in [0.1, 0.15) is 0 Å². The number of thiophene rings is 1. The monoisotopic (exact) mass is 292 g/mol. The molecule has 0 fully saturated rings. The van der Waals surface area contributed by atoms with Gasteiger partial charge in [0.25, 0.3) is 0 Å². The minimum atomic E-state index is 0.134. The van der Waals surface area contributed by atoms with Crippen molar-refractivity contribution in [1.82, 2.24) is 14.6 Å². The molecule has 0 aromatic carbocycles. The molecule has 3 aromatic heterocycles. The maximum atomic E-state index is 5.95. The van der Waals surface area contributed by atoms with Crippen LogP contribution in [0.4, 0.5) is 5.95 Å². The van der Waals surface area contributed by atoms with Gasteiger partial charge < -0.3 is 5.32 Å². The van der Waals surface area contributed by atoms with Gasteiger partial charge in [-0.05, 0) is 38.1 Å². The first kappa shape index (κ1) is 12.4. The van der Waals surface area contributed by atoms with E-state index >= 15 is 0 Å². The molecule has 0 aliphatic carbocycles. The zero-order chi connectivity index (χ0) is 13.4. The second-order valence-electron chi connectivity index (χ2n) is 4.38. The summed E-state index contributed by atoms with van der Waals surface area (Å²) in [5.74, 6) is 0.631. The zero-order valence-corrected chi connectivity index (χ0v) is 12.2. The Bertz CT molecular complexity index is 718. The largest absolute Gasteiger partial charge is 0.346 e. The smallest absolute Gasteiger partial charge is 0.243 e. The third-order valence-electron chi connectivity index (χ3n) is 2.92. The predicted molar refractivity (Wildman–Crippen MR) is 79.1 cm³/mol. The summed E-state index contributed by atoms with van der Waals surface area (Å²) in [4.78, 5) is 5.63. The second-order valence-corrected chi connectivity index (χ2v) is 6.13. The number of anilines is 1. The quantitative estimate of drug-likeness (QED) is 0.795. The highest BCUT2D eigenvalue weighted by molar-refractivity contribution is 7.16. The minimum absolute atomic E-state index is 0.134. The number of hydrogen-bond donors (Lipinski definition) is 1. The third kappa shape index (κ3) is 2.43. The van der Waals surface area contributed by atoms with Crippen LogP contribution in [-0.2, 0) is 0 Å². The van der Waals surface area contributed by atoms with Crippen LogP contribution >= 0.6 is 22.9 Å². The molecule has 0 amide bonds. The van der Waals surface area contributed by atoms with Gasteiger partial charge >= 0.3 is 0 Å². The van der Waals surface area contributed by atoms with Crippen molar-refractivity contribution < 1.29 is 0 Å². The lowest BCUT2D eigenvalue weighted by Crippen LogP contribution is -2.06. The van der Waals surface area contributed by atoms with E-state index in [0.717, 1.165) is 15.7 Å². The highest BCUT2D eigenvalue weighted by Gasteiger charge is 2.11. The van der Waals surface area contributed by atoms with Crippen molar-refractivity contribution in [3.8, 4) is 0 Å². The lowest BCUT2D eigenvalue weighted by Gasteiger charge is -2.09. The van der Waals surface area contributed by atoms with Gasteiger partial charge in [0.05, 0.1) is 10.4 Å². The Hall–Kier alpha value is -1.59. The fourth-order valence-electron chi connectivity index (χ4n) is 1.92. The van der Waals surface area contributed by atoms with Crippen LogP contribution in [0.15, 0.2) is 30.3 Å². The summed E-state index contributed by atoms with van der Waals surface area (Å²) in [6.07, 6.45) is 0. The van der Waals surface area contributed by atoms with E-state index < -0.39 is 0 Å². The molecule has 3 rings (SSSR count). The second kappa shape index (κ2) is 4.83. The number of halogens is 1. The van der Waals surface area contributed by atoms with Crippen molar-refractivity contribution in [1.29, 1.82) is 0 Å². The number of rotatable bonds is 3. The summed E-state index contributed by atoms with van der Waals surface area (Å²) in [6, 6.07) is 9.99. The predicted octanol–water partition coefficient (Wildman–Crippen LogP) is 3.93. The highest BCUT2D eigenvalue weighted by atomic mass is 35.5. The summed E-state index contributed by atoms with van der Waals surface area (Å²) in [5, 5.41) is 7.75. The Balaban J connectivity index is 1.87. The van der Waals surface area contributed by atoms with E-state index in [1.807, 2.05) is 41.8 Å². The van der Waals surface area contributed by atoms with Gasteiger partial charge in [-0.3, -0.25) is 0 Å². The molecule has 3 heterocycles. The fraction of sp³-hybridized carbons (Fsp3) is 0.231. The van der Waals surface area contributed by atoms with Gasteiger partial charge in [-0.2, -0.15) is 4.98 Å². The number of nitrogens with one attached hydrogen (secondary N) is 1. The van der Waals surface area contributed by atoms with Crippen LogP contribution in [0.2, 0.25) is 4.34 Å². The molecule has 0 spiro atoms. The number of aryl methyl sites for hydroxylation is 1. The molecule has 6 heteroatoms. The topological polar surface area (TPSA) is 42.2 Å². The lowest BCUT2D eigenvalue weighted by atomic mass is 10.3. The number of hydrogen-bond acceptors (Lipinski definition) is 4. The van der Waals surface area contributed by atoms with Gasteiger partial charge in [-0.25, -0.2) is 4.52 Å². The summed E-state index contributed by atoms with van der Waals surface area (Å²) < 4.78 is 2.62. The fourth-order valence-corrected chi connectivity index (χ4v) is 2.99. The highest BCUT2D eigenvalue weighted by Crippen LogP contribution is 2.28. The molecular formula is C13H13ClN4S. The maximum absolute atomic E-state index is 5.95. The summed E-state index contributed by atoms with van der Waals surface area (Å²) in [6.45, 7) is 4.08. The van der Waals surface area contributed by atoms with Crippen LogP contribution in [-0.4, -0.2) is 14.6 Å². The Kier molecular flexibility index (Phi) is 3.16. The summed E-state index contributed by atoms with van der Waals surface area (Å²) in [7, 11) is 0. The Labute approximate surface area is 120 Å². The van der Waals surface area contributed by atoms with E-state index in [9.17, 15) is 0 Å². The lowest BCUT2D eigenvalue weighted by molar-refractivity contribution is 0.859.